The average Bonchev–Trinajstić information content (AvgIpc) is 2.77. The number of hydrogen-bond donors (Lipinski definition) is 1. The second kappa shape index (κ2) is 5.05. The molecule has 0 aliphatic carbocycles. The zero-order valence-corrected chi connectivity index (χ0v) is 11.5. The Labute approximate surface area is 106 Å². The van der Waals surface area contributed by atoms with Gasteiger partial charge in [0.1, 0.15) is 0 Å². The summed E-state index contributed by atoms with van der Waals surface area (Å²) in [5.41, 5.74) is 1.17. The van der Waals surface area contributed by atoms with Crippen LogP contribution in [0.2, 0.25) is 4.34 Å². The molecule has 4 heteroatoms. The van der Waals surface area contributed by atoms with E-state index in [2.05, 4.69) is 25.2 Å². The first kappa shape index (κ1) is 12.4. The van der Waals surface area contributed by atoms with Crippen LogP contribution >= 0.6 is 22.9 Å². The van der Waals surface area contributed by atoms with Gasteiger partial charge in [-0.3, -0.25) is 0 Å². The fourth-order valence-corrected chi connectivity index (χ4v) is 3.75. The summed E-state index contributed by atoms with van der Waals surface area (Å²) in [6.07, 6.45) is 1.51. The lowest BCUT2D eigenvalue weighted by atomic mass is 9.95. The van der Waals surface area contributed by atoms with Gasteiger partial charge in [0, 0.05) is 16.8 Å². The maximum absolute atomic E-state index is 6.13. The Hall–Kier alpha value is -0.0900. The molecule has 0 aromatic carbocycles. The predicted octanol–water partition coefficient (Wildman–Crippen LogP) is 3.40. The SMILES string of the molecule is CNC(c1cc(C)c(Cl)s1)C1COC(C)C1. The summed E-state index contributed by atoms with van der Waals surface area (Å²) >= 11 is 7.81. The van der Waals surface area contributed by atoms with E-state index in [0.29, 0.717) is 18.1 Å². The lowest BCUT2D eigenvalue weighted by molar-refractivity contribution is 0.117. The van der Waals surface area contributed by atoms with Crippen molar-refractivity contribution in [3.63, 3.8) is 0 Å². The number of aryl methyl sites for hydroxylation is 1. The highest BCUT2D eigenvalue weighted by Crippen LogP contribution is 2.37. The van der Waals surface area contributed by atoms with E-state index < -0.39 is 0 Å². The van der Waals surface area contributed by atoms with Crippen LogP contribution < -0.4 is 5.32 Å². The van der Waals surface area contributed by atoms with E-state index in [0.717, 1.165) is 17.4 Å². The summed E-state index contributed by atoms with van der Waals surface area (Å²) in [5.74, 6) is 0.564. The van der Waals surface area contributed by atoms with E-state index in [9.17, 15) is 0 Å². The molecule has 1 saturated heterocycles. The first-order valence-electron chi connectivity index (χ1n) is 5.66. The highest BCUT2D eigenvalue weighted by molar-refractivity contribution is 7.16. The normalized spacial score (nSPS) is 27.2. The lowest BCUT2D eigenvalue weighted by Gasteiger charge is -2.20. The third kappa shape index (κ3) is 2.43. The summed E-state index contributed by atoms with van der Waals surface area (Å²) in [4.78, 5) is 1.33. The maximum Gasteiger partial charge on any atom is 0.0960 e. The van der Waals surface area contributed by atoms with Gasteiger partial charge in [0.05, 0.1) is 17.0 Å². The summed E-state index contributed by atoms with van der Waals surface area (Å²) in [5, 5.41) is 3.39. The lowest BCUT2D eigenvalue weighted by Crippen LogP contribution is -2.24. The average molecular weight is 260 g/mol. The van der Waals surface area contributed by atoms with Crippen LogP contribution in [0.4, 0.5) is 0 Å². The van der Waals surface area contributed by atoms with E-state index in [1.165, 1.54) is 10.4 Å². The topological polar surface area (TPSA) is 21.3 Å². The molecule has 0 amide bonds. The molecule has 0 spiro atoms. The number of rotatable bonds is 3. The molecule has 1 fully saturated rings. The number of nitrogens with one attached hydrogen (secondary N) is 1. The van der Waals surface area contributed by atoms with Crippen molar-refractivity contribution in [2.75, 3.05) is 13.7 Å². The van der Waals surface area contributed by atoms with Gasteiger partial charge in [-0.25, -0.2) is 0 Å². The van der Waals surface area contributed by atoms with Crippen LogP contribution in [-0.2, 0) is 4.74 Å². The summed E-state index contributed by atoms with van der Waals surface area (Å²) in [6.45, 7) is 5.05. The maximum atomic E-state index is 6.13. The van der Waals surface area contributed by atoms with E-state index >= 15 is 0 Å². The van der Waals surface area contributed by atoms with Crippen molar-refractivity contribution in [2.45, 2.75) is 32.4 Å². The molecule has 3 atom stereocenters. The Bertz CT molecular complexity index is 346. The number of hydrogen-bond acceptors (Lipinski definition) is 3. The smallest absolute Gasteiger partial charge is 0.0960 e. The molecule has 1 aromatic heterocycles. The minimum atomic E-state index is 0.376. The van der Waals surface area contributed by atoms with Crippen molar-refractivity contribution in [2.24, 2.45) is 5.92 Å². The molecule has 2 nitrogen and oxygen atoms in total. The van der Waals surface area contributed by atoms with Gasteiger partial charge in [-0.05, 0) is 38.9 Å². The van der Waals surface area contributed by atoms with Crippen molar-refractivity contribution in [1.29, 1.82) is 0 Å². The number of halogens is 1. The minimum absolute atomic E-state index is 0.376. The fourth-order valence-electron chi connectivity index (χ4n) is 2.33. The molecule has 1 aliphatic heterocycles. The van der Waals surface area contributed by atoms with Crippen LogP contribution in [0.1, 0.15) is 29.8 Å². The van der Waals surface area contributed by atoms with Crippen LogP contribution in [0, 0.1) is 12.8 Å². The third-order valence-electron chi connectivity index (χ3n) is 3.19. The van der Waals surface area contributed by atoms with E-state index in [1.54, 1.807) is 11.3 Å². The molecule has 1 aliphatic rings. The molecule has 2 heterocycles. The van der Waals surface area contributed by atoms with Crippen molar-refractivity contribution in [3.05, 3.63) is 20.8 Å². The largest absolute Gasteiger partial charge is 0.378 e. The van der Waals surface area contributed by atoms with Crippen molar-refractivity contribution in [3.8, 4) is 0 Å². The van der Waals surface area contributed by atoms with Gasteiger partial charge in [-0.1, -0.05) is 11.6 Å². The van der Waals surface area contributed by atoms with Gasteiger partial charge in [0.25, 0.3) is 0 Å². The Balaban J connectivity index is 2.16. The van der Waals surface area contributed by atoms with E-state index in [-0.39, 0.29) is 0 Å². The molecular weight excluding hydrogens is 242 g/mol. The van der Waals surface area contributed by atoms with Crippen LogP contribution in [-0.4, -0.2) is 19.8 Å². The fraction of sp³-hybridized carbons (Fsp3) is 0.667. The first-order valence-corrected chi connectivity index (χ1v) is 6.86. The first-order chi connectivity index (χ1) is 7.61. The summed E-state index contributed by atoms with van der Waals surface area (Å²) in [6, 6.07) is 2.57. The molecule has 1 N–H and O–H groups in total. The molecule has 0 bridgehead atoms. The summed E-state index contributed by atoms with van der Waals surface area (Å²) < 4.78 is 6.54. The van der Waals surface area contributed by atoms with Gasteiger partial charge in [0.2, 0.25) is 0 Å². The Morgan fingerprint density at radius 2 is 2.38 bits per heavy atom. The van der Waals surface area contributed by atoms with Gasteiger partial charge >= 0.3 is 0 Å². The van der Waals surface area contributed by atoms with Crippen LogP contribution in [0.15, 0.2) is 6.07 Å². The van der Waals surface area contributed by atoms with Gasteiger partial charge in [-0.15, -0.1) is 11.3 Å². The quantitative estimate of drug-likeness (QED) is 0.899. The van der Waals surface area contributed by atoms with Crippen LogP contribution in [0.3, 0.4) is 0 Å². The predicted molar refractivity (Wildman–Crippen MR) is 69.4 cm³/mol. The van der Waals surface area contributed by atoms with Crippen molar-refractivity contribution in [1.82, 2.24) is 5.32 Å². The molecule has 16 heavy (non-hydrogen) atoms. The summed E-state index contributed by atoms with van der Waals surface area (Å²) in [7, 11) is 2.01. The number of thiophene rings is 1. The van der Waals surface area contributed by atoms with Gasteiger partial charge < -0.3 is 10.1 Å². The Morgan fingerprint density at radius 3 is 2.81 bits per heavy atom. The number of ether oxygens (including phenoxy) is 1. The monoisotopic (exact) mass is 259 g/mol. The molecule has 2 rings (SSSR count). The molecule has 90 valence electrons. The second-order valence-corrected chi connectivity index (χ2v) is 6.20. The van der Waals surface area contributed by atoms with Crippen molar-refractivity contribution >= 4 is 22.9 Å². The molecule has 0 radical (unpaired) electrons. The standard InChI is InChI=1S/C12H18ClNOS/c1-7-4-10(16-12(7)13)11(14-3)9-5-8(2)15-6-9/h4,8-9,11,14H,5-6H2,1-3H3. The van der Waals surface area contributed by atoms with E-state index in [1.807, 2.05) is 7.05 Å². The molecule has 1 aromatic rings. The van der Waals surface area contributed by atoms with Crippen LogP contribution in [0.25, 0.3) is 0 Å². The second-order valence-electron chi connectivity index (χ2n) is 4.51. The Kier molecular flexibility index (Phi) is 3.90. The van der Waals surface area contributed by atoms with Crippen molar-refractivity contribution < 1.29 is 4.74 Å². The van der Waals surface area contributed by atoms with Crippen LogP contribution in [0.5, 0.6) is 0 Å². The van der Waals surface area contributed by atoms with E-state index in [4.69, 9.17) is 16.3 Å². The van der Waals surface area contributed by atoms with Gasteiger partial charge in [-0.2, -0.15) is 0 Å². The highest BCUT2D eigenvalue weighted by atomic mass is 35.5. The highest BCUT2D eigenvalue weighted by Gasteiger charge is 2.30. The minimum Gasteiger partial charge on any atom is -0.378 e. The zero-order valence-electron chi connectivity index (χ0n) is 9.92. The molecule has 3 unspecified atom stereocenters. The third-order valence-corrected chi connectivity index (χ3v) is 4.83. The Morgan fingerprint density at radius 1 is 1.62 bits per heavy atom. The molecule has 0 saturated carbocycles. The zero-order chi connectivity index (χ0) is 11.7. The molecular formula is C12H18ClNOS. The van der Waals surface area contributed by atoms with Gasteiger partial charge in [0.15, 0.2) is 0 Å².